The van der Waals surface area contributed by atoms with Gasteiger partial charge in [0, 0.05) is 18.2 Å². The van der Waals surface area contributed by atoms with Gasteiger partial charge in [0.15, 0.2) is 0 Å². The molecule has 0 radical (unpaired) electrons. The molecule has 102 valence electrons. The minimum absolute atomic E-state index is 0.256. The second-order valence-corrected chi connectivity index (χ2v) is 5.36. The molecule has 0 saturated heterocycles. The molecule has 0 aromatic heterocycles. The fourth-order valence-electron chi connectivity index (χ4n) is 2.65. The zero-order valence-corrected chi connectivity index (χ0v) is 11.4. The Bertz CT molecular complexity index is 697. The van der Waals surface area contributed by atoms with Gasteiger partial charge < -0.3 is 4.90 Å². The normalized spacial score (nSPS) is 24.1. The Morgan fingerprint density at radius 1 is 1.40 bits per heavy atom. The maximum absolute atomic E-state index is 14.0. The van der Waals surface area contributed by atoms with Crippen LogP contribution in [0.15, 0.2) is 24.4 Å². The number of benzene rings is 1. The van der Waals surface area contributed by atoms with Gasteiger partial charge in [0.05, 0.1) is 17.3 Å². The van der Waals surface area contributed by atoms with Crippen molar-refractivity contribution in [2.45, 2.75) is 32.5 Å². The lowest BCUT2D eigenvalue weighted by Gasteiger charge is -2.31. The first-order chi connectivity index (χ1) is 9.45. The maximum Gasteiger partial charge on any atom is 0.127 e. The Morgan fingerprint density at radius 3 is 2.60 bits per heavy atom. The molecule has 1 saturated carbocycles. The summed E-state index contributed by atoms with van der Waals surface area (Å²) < 4.78 is 27.4. The smallest absolute Gasteiger partial charge is 0.127 e. The third kappa shape index (κ3) is 1.66. The molecule has 1 aliphatic heterocycles. The van der Waals surface area contributed by atoms with Gasteiger partial charge in [0.2, 0.25) is 0 Å². The predicted octanol–water partition coefficient (Wildman–Crippen LogP) is 3.79. The van der Waals surface area contributed by atoms with E-state index in [2.05, 4.69) is 12.6 Å². The topological polar surface area (TPSA) is 27.0 Å². The number of hydrogen-bond donors (Lipinski definition) is 0. The SMILES string of the molecule is C=C1C(C#N)=CN(C2CC2F)c2c1cc(F)c(C)c2C. The van der Waals surface area contributed by atoms with Crippen LogP contribution < -0.4 is 4.90 Å². The van der Waals surface area contributed by atoms with Gasteiger partial charge in [-0.3, -0.25) is 0 Å². The Labute approximate surface area is 116 Å². The van der Waals surface area contributed by atoms with E-state index in [0.717, 1.165) is 11.3 Å². The molecule has 4 heteroatoms. The van der Waals surface area contributed by atoms with Gasteiger partial charge in [-0.1, -0.05) is 6.58 Å². The number of alkyl halides is 1. The molecule has 1 heterocycles. The zero-order chi connectivity index (χ0) is 14.6. The first kappa shape index (κ1) is 12.9. The van der Waals surface area contributed by atoms with Gasteiger partial charge in [0.1, 0.15) is 18.1 Å². The van der Waals surface area contributed by atoms with Gasteiger partial charge in [-0.2, -0.15) is 5.26 Å². The summed E-state index contributed by atoms with van der Waals surface area (Å²) in [4.78, 5) is 1.77. The quantitative estimate of drug-likeness (QED) is 0.777. The summed E-state index contributed by atoms with van der Waals surface area (Å²) in [5.41, 5.74) is 3.54. The van der Waals surface area contributed by atoms with E-state index in [1.165, 1.54) is 6.07 Å². The number of nitrogens with zero attached hydrogens (tertiary/aromatic N) is 2. The average molecular weight is 272 g/mol. The Hall–Kier alpha value is -2.15. The largest absolute Gasteiger partial charge is 0.340 e. The molecule has 0 N–H and O–H groups in total. The molecule has 1 aromatic rings. The number of hydrogen-bond acceptors (Lipinski definition) is 2. The summed E-state index contributed by atoms with van der Waals surface area (Å²) in [5, 5.41) is 9.17. The summed E-state index contributed by atoms with van der Waals surface area (Å²) >= 11 is 0. The molecule has 3 rings (SSSR count). The Balaban J connectivity index is 2.25. The highest BCUT2D eigenvalue weighted by atomic mass is 19.1. The van der Waals surface area contributed by atoms with Crippen molar-refractivity contribution in [2.75, 3.05) is 4.90 Å². The van der Waals surface area contributed by atoms with Gasteiger partial charge in [-0.05, 0) is 36.6 Å². The predicted molar refractivity (Wildman–Crippen MR) is 74.4 cm³/mol. The summed E-state index contributed by atoms with van der Waals surface area (Å²) in [7, 11) is 0. The van der Waals surface area contributed by atoms with Gasteiger partial charge in [0.25, 0.3) is 0 Å². The highest BCUT2D eigenvalue weighted by Crippen LogP contribution is 2.45. The lowest BCUT2D eigenvalue weighted by atomic mass is 9.90. The van der Waals surface area contributed by atoms with Crippen molar-refractivity contribution in [1.82, 2.24) is 0 Å². The second kappa shape index (κ2) is 4.17. The first-order valence-electron chi connectivity index (χ1n) is 6.49. The van der Waals surface area contributed by atoms with E-state index in [9.17, 15) is 14.0 Å². The lowest BCUT2D eigenvalue weighted by molar-refractivity contribution is 0.465. The van der Waals surface area contributed by atoms with Crippen LogP contribution in [0, 0.1) is 31.0 Å². The van der Waals surface area contributed by atoms with Crippen LogP contribution in [-0.2, 0) is 0 Å². The molecular weight excluding hydrogens is 258 g/mol. The number of halogens is 2. The van der Waals surface area contributed by atoms with E-state index >= 15 is 0 Å². The van der Waals surface area contributed by atoms with E-state index in [-0.39, 0.29) is 11.9 Å². The Kier molecular flexibility index (Phi) is 2.68. The van der Waals surface area contributed by atoms with E-state index in [0.29, 0.717) is 28.7 Å². The van der Waals surface area contributed by atoms with Gasteiger partial charge >= 0.3 is 0 Å². The van der Waals surface area contributed by atoms with Crippen LogP contribution in [0.4, 0.5) is 14.5 Å². The van der Waals surface area contributed by atoms with Crippen molar-refractivity contribution < 1.29 is 8.78 Å². The van der Waals surface area contributed by atoms with Crippen LogP contribution in [-0.4, -0.2) is 12.2 Å². The fraction of sp³-hybridized carbons (Fsp3) is 0.312. The third-order valence-electron chi connectivity index (χ3n) is 4.14. The molecule has 1 aliphatic carbocycles. The zero-order valence-electron chi connectivity index (χ0n) is 11.4. The van der Waals surface area contributed by atoms with Crippen molar-refractivity contribution in [3.8, 4) is 6.07 Å². The van der Waals surface area contributed by atoms with Crippen LogP contribution in [0.25, 0.3) is 5.57 Å². The van der Waals surface area contributed by atoms with E-state index in [1.54, 1.807) is 18.0 Å². The average Bonchev–Trinajstić information content (AvgIpc) is 3.14. The van der Waals surface area contributed by atoms with Crippen LogP contribution in [0.2, 0.25) is 0 Å². The summed E-state index contributed by atoms with van der Waals surface area (Å²) in [6, 6.07) is 3.19. The van der Waals surface area contributed by atoms with E-state index in [4.69, 9.17) is 0 Å². The number of fused-ring (bicyclic) bond motifs is 1. The van der Waals surface area contributed by atoms with E-state index < -0.39 is 6.17 Å². The summed E-state index contributed by atoms with van der Waals surface area (Å²) in [5.74, 6) is -0.325. The molecule has 2 atom stereocenters. The van der Waals surface area contributed by atoms with Crippen molar-refractivity contribution in [3.63, 3.8) is 0 Å². The minimum Gasteiger partial charge on any atom is -0.340 e. The molecule has 2 unspecified atom stereocenters. The third-order valence-corrected chi connectivity index (χ3v) is 4.14. The molecule has 1 fully saturated rings. The van der Waals surface area contributed by atoms with Gasteiger partial charge in [-0.15, -0.1) is 0 Å². The van der Waals surface area contributed by atoms with Crippen molar-refractivity contribution >= 4 is 11.3 Å². The molecular formula is C16H14F2N2. The second-order valence-electron chi connectivity index (χ2n) is 5.36. The van der Waals surface area contributed by atoms with E-state index in [1.807, 2.05) is 6.92 Å². The molecule has 1 aromatic carbocycles. The highest BCUT2D eigenvalue weighted by molar-refractivity contribution is 5.93. The van der Waals surface area contributed by atoms with Crippen LogP contribution in [0.1, 0.15) is 23.1 Å². The van der Waals surface area contributed by atoms with Crippen LogP contribution in [0.5, 0.6) is 0 Å². The minimum atomic E-state index is -0.893. The maximum atomic E-state index is 14.0. The number of anilines is 1. The lowest BCUT2D eigenvalue weighted by Crippen LogP contribution is -2.27. The van der Waals surface area contributed by atoms with Crippen molar-refractivity contribution in [2.24, 2.45) is 0 Å². The Morgan fingerprint density at radius 2 is 2.05 bits per heavy atom. The van der Waals surface area contributed by atoms with Gasteiger partial charge in [-0.25, -0.2) is 8.78 Å². The molecule has 0 spiro atoms. The van der Waals surface area contributed by atoms with Crippen molar-refractivity contribution in [1.29, 1.82) is 5.26 Å². The monoisotopic (exact) mass is 272 g/mol. The highest BCUT2D eigenvalue weighted by Gasteiger charge is 2.44. The number of rotatable bonds is 1. The van der Waals surface area contributed by atoms with Crippen molar-refractivity contribution in [3.05, 3.63) is 46.9 Å². The summed E-state index contributed by atoms with van der Waals surface area (Å²) in [6.07, 6.45) is 1.19. The number of nitriles is 1. The van der Waals surface area contributed by atoms with Crippen LogP contribution >= 0.6 is 0 Å². The molecule has 2 aliphatic rings. The molecule has 0 amide bonds. The first-order valence-corrected chi connectivity index (χ1v) is 6.49. The molecule has 0 bridgehead atoms. The molecule has 2 nitrogen and oxygen atoms in total. The summed E-state index contributed by atoms with van der Waals surface area (Å²) in [6.45, 7) is 7.40. The van der Waals surface area contributed by atoms with Crippen LogP contribution in [0.3, 0.4) is 0 Å². The molecule has 20 heavy (non-hydrogen) atoms. The fourth-order valence-corrected chi connectivity index (χ4v) is 2.65. The standard InChI is InChI=1S/C16H14F2N2/c1-8-9(2)16-12(4-13(8)17)10(3)11(6-19)7-20(16)15-5-14(15)18/h4,7,14-15H,3,5H2,1-2H3. The number of allylic oxidation sites excluding steroid dienone is 2.